The van der Waals surface area contributed by atoms with Crippen molar-refractivity contribution in [3.8, 4) is 22.3 Å². The Kier molecular flexibility index (Phi) is 5.63. The summed E-state index contributed by atoms with van der Waals surface area (Å²) in [6.45, 7) is 9.47. The Balaban J connectivity index is 1.29. The summed E-state index contributed by atoms with van der Waals surface area (Å²) in [5.74, 6) is 0. The number of rotatable bonds is 3. The van der Waals surface area contributed by atoms with E-state index in [1.165, 1.54) is 92.5 Å². The molecule has 2 aliphatic rings. The second-order valence-electron chi connectivity index (χ2n) is 14.6. The number of benzene rings is 7. The summed E-state index contributed by atoms with van der Waals surface area (Å²) in [5, 5.41) is 5.24. The Morgan fingerprint density at radius 1 is 0.458 bits per heavy atom. The molecule has 230 valence electrons. The van der Waals surface area contributed by atoms with Crippen molar-refractivity contribution in [1.29, 1.82) is 0 Å². The molecule has 0 amide bonds. The summed E-state index contributed by atoms with van der Waals surface area (Å²) < 4.78 is 2.64. The van der Waals surface area contributed by atoms with Crippen LogP contribution in [0, 0.1) is 0 Å². The predicted molar refractivity (Wildman–Crippen MR) is 207 cm³/mol. The van der Waals surface area contributed by atoms with Crippen molar-refractivity contribution in [1.82, 2.24) is 0 Å². The van der Waals surface area contributed by atoms with Gasteiger partial charge in [0.15, 0.2) is 0 Å². The summed E-state index contributed by atoms with van der Waals surface area (Å²) in [7, 11) is 0. The van der Waals surface area contributed by atoms with Gasteiger partial charge in [-0.1, -0.05) is 131 Å². The van der Waals surface area contributed by atoms with Gasteiger partial charge in [-0.25, -0.2) is 0 Å². The molecule has 48 heavy (non-hydrogen) atoms. The smallest absolute Gasteiger partial charge is 0.0646 e. The third kappa shape index (κ3) is 3.67. The zero-order valence-electron chi connectivity index (χ0n) is 27.6. The van der Waals surface area contributed by atoms with Gasteiger partial charge in [0, 0.05) is 37.7 Å². The van der Waals surface area contributed by atoms with Gasteiger partial charge >= 0.3 is 0 Å². The highest BCUT2D eigenvalue weighted by Crippen LogP contribution is 2.54. The van der Waals surface area contributed by atoms with Crippen molar-refractivity contribution in [2.45, 2.75) is 38.5 Å². The molecule has 0 unspecified atom stereocenters. The molecule has 0 radical (unpaired) electrons. The van der Waals surface area contributed by atoms with Gasteiger partial charge in [-0.05, 0) is 91.7 Å². The van der Waals surface area contributed by atoms with Crippen molar-refractivity contribution < 1.29 is 0 Å². The number of hydrogen-bond acceptors (Lipinski definition) is 2. The van der Waals surface area contributed by atoms with Gasteiger partial charge in [0.1, 0.15) is 0 Å². The molecule has 7 aromatic carbocycles. The SMILES string of the molecule is CC1(C)c2ccccc2-c2cc(N(c3ccc4c(c3)C(C)(C)c3ccccc3-4)c3cc4ccccc4c4c3sc3ccccc34)ccc21. The van der Waals surface area contributed by atoms with Crippen LogP contribution in [0.5, 0.6) is 0 Å². The highest BCUT2D eigenvalue weighted by molar-refractivity contribution is 7.26. The van der Waals surface area contributed by atoms with Gasteiger partial charge in [0.2, 0.25) is 0 Å². The summed E-state index contributed by atoms with van der Waals surface area (Å²) in [6, 6.07) is 52.5. The van der Waals surface area contributed by atoms with Crippen LogP contribution in [0.4, 0.5) is 17.1 Å². The number of fused-ring (bicyclic) bond motifs is 11. The van der Waals surface area contributed by atoms with Crippen LogP contribution in [-0.2, 0) is 10.8 Å². The third-order valence-electron chi connectivity index (χ3n) is 11.2. The average molecular weight is 634 g/mol. The quantitative estimate of drug-likeness (QED) is 0.187. The fourth-order valence-corrected chi connectivity index (χ4v) is 10.1. The molecule has 0 saturated carbocycles. The topological polar surface area (TPSA) is 3.24 Å². The minimum atomic E-state index is -0.0924. The molecule has 0 fully saturated rings. The molecule has 8 aromatic rings. The summed E-state index contributed by atoms with van der Waals surface area (Å²) in [5.41, 5.74) is 14.4. The van der Waals surface area contributed by atoms with Crippen LogP contribution >= 0.6 is 11.3 Å². The fourth-order valence-electron chi connectivity index (χ4n) is 8.83. The highest BCUT2D eigenvalue weighted by atomic mass is 32.1. The minimum absolute atomic E-state index is 0.0413. The van der Waals surface area contributed by atoms with Crippen molar-refractivity contribution in [3.63, 3.8) is 0 Å². The Bertz CT molecular complexity index is 2630. The minimum Gasteiger partial charge on any atom is -0.309 e. The van der Waals surface area contributed by atoms with Crippen molar-refractivity contribution >= 4 is 59.3 Å². The first kappa shape index (κ1) is 27.9. The van der Waals surface area contributed by atoms with Crippen LogP contribution in [-0.4, -0.2) is 0 Å². The molecule has 0 saturated heterocycles. The van der Waals surface area contributed by atoms with E-state index in [2.05, 4.69) is 172 Å². The average Bonchev–Trinajstić information content (AvgIpc) is 3.69. The van der Waals surface area contributed by atoms with Crippen molar-refractivity contribution in [2.24, 2.45) is 0 Å². The van der Waals surface area contributed by atoms with E-state index in [4.69, 9.17) is 0 Å². The lowest BCUT2D eigenvalue weighted by molar-refractivity contribution is 0.660. The molecule has 1 heterocycles. The number of anilines is 3. The van der Waals surface area contributed by atoms with E-state index in [1.54, 1.807) is 0 Å². The molecule has 0 spiro atoms. The first-order chi connectivity index (χ1) is 23.3. The number of hydrogen-bond donors (Lipinski definition) is 0. The second-order valence-corrected chi connectivity index (χ2v) is 15.6. The summed E-state index contributed by atoms with van der Waals surface area (Å²) in [6.07, 6.45) is 0. The Morgan fingerprint density at radius 3 is 1.81 bits per heavy atom. The van der Waals surface area contributed by atoms with Crippen LogP contribution in [0.15, 0.2) is 140 Å². The van der Waals surface area contributed by atoms with Gasteiger partial charge < -0.3 is 4.90 Å². The molecule has 2 aliphatic carbocycles. The number of thiophene rings is 1. The van der Waals surface area contributed by atoms with Crippen LogP contribution < -0.4 is 4.90 Å². The van der Waals surface area contributed by atoms with E-state index in [1.807, 2.05) is 11.3 Å². The predicted octanol–water partition coefficient (Wildman–Crippen LogP) is 13.3. The van der Waals surface area contributed by atoms with E-state index in [-0.39, 0.29) is 10.8 Å². The summed E-state index contributed by atoms with van der Waals surface area (Å²) >= 11 is 1.91. The summed E-state index contributed by atoms with van der Waals surface area (Å²) in [4.78, 5) is 2.54. The maximum atomic E-state index is 2.54. The van der Waals surface area contributed by atoms with E-state index < -0.39 is 0 Å². The first-order valence-corrected chi connectivity index (χ1v) is 17.8. The van der Waals surface area contributed by atoms with Crippen LogP contribution in [0.1, 0.15) is 49.9 Å². The Labute approximate surface area is 285 Å². The molecule has 1 aromatic heterocycles. The molecule has 0 atom stereocenters. The normalized spacial score (nSPS) is 15.0. The maximum Gasteiger partial charge on any atom is 0.0646 e. The molecule has 0 aliphatic heterocycles. The van der Waals surface area contributed by atoms with E-state index in [9.17, 15) is 0 Å². The van der Waals surface area contributed by atoms with Gasteiger partial charge in [-0.2, -0.15) is 0 Å². The van der Waals surface area contributed by atoms with Gasteiger partial charge in [-0.3, -0.25) is 0 Å². The zero-order chi connectivity index (χ0) is 32.4. The van der Waals surface area contributed by atoms with Crippen LogP contribution in [0.2, 0.25) is 0 Å². The van der Waals surface area contributed by atoms with E-state index in [0.29, 0.717) is 0 Å². The lowest BCUT2D eigenvalue weighted by Crippen LogP contribution is -2.17. The van der Waals surface area contributed by atoms with Crippen molar-refractivity contribution in [2.75, 3.05) is 4.90 Å². The van der Waals surface area contributed by atoms with Gasteiger partial charge in [-0.15, -0.1) is 11.3 Å². The fraction of sp³-hybridized carbons (Fsp3) is 0.130. The van der Waals surface area contributed by atoms with E-state index >= 15 is 0 Å². The third-order valence-corrected chi connectivity index (χ3v) is 12.4. The Hall–Kier alpha value is -5.18. The molecule has 0 bridgehead atoms. The van der Waals surface area contributed by atoms with Gasteiger partial charge in [0.25, 0.3) is 0 Å². The highest BCUT2D eigenvalue weighted by Gasteiger charge is 2.37. The zero-order valence-corrected chi connectivity index (χ0v) is 28.5. The lowest BCUT2D eigenvalue weighted by Gasteiger charge is -2.30. The molecule has 1 nitrogen and oxygen atoms in total. The van der Waals surface area contributed by atoms with Gasteiger partial charge in [0.05, 0.1) is 10.4 Å². The Morgan fingerprint density at radius 2 is 1.02 bits per heavy atom. The van der Waals surface area contributed by atoms with E-state index in [0.717, 1.165) is 0 Å². The van der Waals surface area contributed by atoms with Crippen LogP contribution in [0.25, 0.3) is 53.2 Å². The molecule has 2 heteroatoms. The first-order valence-electron chi connectivity index (χ1n) is 16.9. The standard InChI is InChI=1S/C46H35NS/c1-45(2)38-19-11-8-16-33(38)36-26-29(22-24-39(36)45)47(30-21-23-34-32-15-7-10-18-37(32)46(3,4)40(34)27-30)41-25-28-13-5-6-14-31(28)43-35-17-9-12-20-42(35)48-44(41)43/h5-27H,1-4H3. The second kappa shape index (κ2) is 9.69. The maximum absolute atomic E-state index is 2.54. The lowest BCUT2D eigenvalue weighted by atomic mass is 9.82. The molecule has 10 rings (SSSR count). The molecular formula is C46H35NS. The molecule has 0 N–H and O–H groups in total. The number of nitrogens with zero attached hydrogens (tertiary/aromatic N) is 1. The molecular weight excluding hydrogens is 599 g/mol. The monoisotopic (exact) mass is 633 g/mol. The largest absolute Gasteiger partial charge is 0.309 e. The van der Waals surface area contributed by atoms with Crippen LogP contribution in [0.3, 0.4) is 0 Å². The van der Waals surface area contributed by atoms with Crippen molar-refractivity contribution in [3.05, 3.63) is 162 Å².